The number of aromatic nitrogens is 1. The number of carboxylic acids is 1. The second-order valence-corrected chi connectivity index (χ2v) is 5.26. The van der Waals surface area contributed by atoms with Gasteiger partial charge >= 0.3 is 5.97 Å². The largest absolute Gasteiger partial charge is 0.480 e. The number of aryl methyl sites for hydroxylation is 1. The highest BCUT2D eigenvalue weighted by Gasteiger charge is 2.12. The maximum absolute atomic E-state index is 10.5. The van der Waals surface area contributed by atoms with Gasteiger partial charge in [-0.2, -0.15) is 0 Å². The van der Waals surface area contributed by atoms with E-state index in [0.717, 1.165) is 17.1 Å². The van der Waals surface area contributed by atoms with Crippen LogP contribution in [0.2, 0.25) is 0 Å². The van der Waals surface area contributed by atoms with E-state index in [1.807, 2.05) is 5.38 Å². The molecule has 90 valence electrons. The Kier molecular flexibility index (Phi) is 4.89. The van der Waals surface area contributed by atoms with Crippen LogP contribution >= 0.6 is 11.3 Å². The number of thiazole rings is 1. The van der Waals surface area contributed by atoms with Gasteiger partial charge in [-0.25, -0.2) is 4.98 Å². The van der Waals surface area contributed by atoms with Crippen molar-refractivity contribution in [1.29, 1.82) is 0 Å². The lowest BCUT2D eigenvalue weighted by Gasteiger charge is -2.03. The van der Waals surface area contributed by atoms with E-state index in [-0.39, 0.29) is 0 Å². The molecule has 1 aromatic heterocycles. The van der Waals surface area contributed by atoms with Gasteiger partial charge in [-0.15, -0.1) is 11.3 Å². The highest BCUT2D eigenvalue weighted by Crippen LogP contribution is 2.15. The molecule has 4 nitrogen and oxygen atoms in total. The molecule has 0 aromatic carbocycles. The molecule has 1 rings (SSSR count). The average molecular weight is 242 g/mol. The van der Waals surface area contributed by atoms with Gasteiger partial charge in [0.15, 0.2) is 0 Å². The Morgan fingerprint density at radius 1 is 1.62 bits per heavy atom. The third-order valence-corrected chi connectivity index (χ3v) is 3.16. The van der Waals surface area contributed by atoms with Crippen molar-refractivity contribution < 1.29 is 9.90 Å². The summed E-state index contributed by atoms with van der Waals surface area (Å²) in [5.41, 5.74) is 6.53. The fourth-order valence-electron chi connectivity index (χ4n) is 1.38. The lowest BCUT2D eigenvalue weighted by atomic mass is 10.1. The van der Waals surface area contributed by atoms with Crippen molar-refractivity contribution in [2.45, 2.75) is 39.2 Å². The van der Waals surface area contributed by atoms with Crippen LogP contribution in [0.15, 0.2) is 5.38 Å². The number of hydrogen-bond acceptors (Lipinski definition) is 4. The Morgan fingerprint density at radius 2 is 2.31 bits per heavy atom. The van der Waals surface area contributed by atoms with Gasteiger partial charge < -0.3 is 10.8 Å². The first-order chi connectivity index (χ1) is 7.49. The molecular formula is C11H18N2O2S. The molecule has 1 unspecified atom stereocenters. The first-order valence-electron chi connectivity index (χ1n) is 5.40. The molecule has 0 bridgehead atoms. The standard InChI is InChI=1S/C11H18N2O2S/c1-7(2)5-8-6-16-10(13-8)4-3-9(12)11(14)15/h6-7,9H,3-5,12H2,1-2H3,(H,14,15). The maximum Gasteiger partial charge on any atom is 0.320 e. The van der Waals surface area contributed by atoms with Crippen LogP contribution in [-0.4, -0.2) is 22.1 Å². The number of carboxylic acid groups (broad SMARTS) is 1. The van der Waals surface area contributed by atoms with Crippen LogP contribution in [0, 0.1) is 5.92 Å². The Morgan fingerprint density at radius 3 is 2.88 bits per heavy atom. The fraction of sp³-hybridized carbons (Fsp3) is 0.636. The third kappa shape index (κ3) is 4.28. The summed E-state index contributed by atoms with van der Waals surface area (Å²) in [6.07, 6.45) is 2.07. The quantitative estimate of drug-likeness (QED) is 0.796. The molecular weight excluding hydrogens is 224 g/mol. The van der Waals surface area contributed by atoms with Crippen molar-refractivity contribution in [2.75, 3.05) is 0 Å². The van der Waals surface area contributed by atoms with E-state index in [9.17, 15) is 4.79 Å². The highest BCUT2D eigenvalue weighted by atomic mass is 32.1. The van der Waals surface area contributed by atoms with Crippen LogP contribution in [-0.2, 0) is 17.6 Å². The number of carbonyl (C=O) groups is 1. The molecule has 1 atom stereocenters. The molecule has 0 aliphatic heterocycles. The zero-order valence-electron chi connectivity index (χ0n) is 9.64. The Hall–Kier alpha value is -0.940. The van der Waals surface area contributed by atoms with Gasteiger partial charge in [0, 0.05) is 11.8 Å². The topological polar surface area (TPSA) is 76.2 Å². The molecule has 5 heteroatoms. The predicted octanol–water partition coefficient (Wildman–Crippen LogP) is 1.69. The molecule has 1 heterocycles. The summed E-state index contributed by atoms with van der Waals surface area (Å²) in [7, 11) is 0. The number of nitrogens with zero attached hydrogens (tertiary/aromatic N) is 1. The van der Waals surface area contributed by atoms with Gasteiger partial charge in [0.25, 0.3) is 0 Å². The van der Waals surface area contributed by atoms with E-state index in [4.69, 9.17) is 10.8 Å². The van der Waals surface area contributed by atoms with E-state index >= 15 is 0 Å². The van der Waals surface area contributed by atoms with Gasteiger partial charge in [0.1, 0.15) is 6.04 Å². The molecule has 3 N–H and O–H groups in total. The summed E-state index contributed by atoms with van der Waals surface area (Å²) in [4.78, 5) is 15.0. The van der Waals surface area contributed by atoms with Crippen molar-refractivity contribution in [1.82, 2.24) is 4.98 Å². The van der Waals surface area contributed by atoms with Crippen LogP contribution < -0.4 is 5.73 Å². The number of nitrogens with two attached hydrogens (primary N) is 1. The average Bonchev–Trinajstić information content (AvgIpc) is 2.60. The molecule has 1 aromatic rings. The van der Waals surface area contributed by atoms with Gasteiger partial charge in [-0.1, -0.05) is 13.8 Å². The summed E-state index contributed by atoms with van der Waals surface area (Å²) in [6, 6.07) is -0.780. The fourth-order valence-corrected chi connectivity index (χ4v) is 2.20. The molecule has 0 aliphatic rings. The zero-order chi connectivity index (χ0) is 12.1. The van der Waals surface area contributed by atoms with Gasteiger partial charge in [0.2, 0.25) is 0 Å². The van der Waals surface area contributed by atoms with Crippen LogP contribution in [0.4, 0.5) is 0 Å². The summed E-state index contributed by atoms with van der Waals surface area (Å²) in [5.74, 6) is -0.352. The summed E-state index contributed by atoms with van der Waals surface area (Å²) in [5, 5.41) is 11.7. The minimum Gasteiger partial charge on any atom is -0.480 e. The molecule has 0 aliphatic carbocycles. The van der Waals surface area contributed by atoms with E-state index in [1.165, 1.54) is 0 Å². The smallest absolute Gasteiger partial charge is 0.320 e. The second kappa shape index (κ2) is 5.96. The SMILES string of the molecule is CC(C)Cc1csc(CCC(N)C(=O)O)n1. The normalized spacial score (nSPS) is 13.0. The van der Waals surface area contributed by atoms with Crippen molar-refractivity contribution >= 4 is 17.3 Å². The van der Waals surface area contributed by atoms with Gasteiger partial charge in [0.05, 0.1) is 10.7 Å². The van der Waals surface area contributed by atoms with E-state index in [2.05, 4.69) is 18.8 Å². The first kappa shape index (κ1) is 13.1. The highest BCUT2D eigenvalue weighted by molar-refractivity contribution is 7.09. The molecule has 0 spiro atoms. The van der Waals surface area contributed by atoms with Crippen molar-refractivity contribution in [2.24, 2.45) is 11.7 Å². The minimum absolute atomic E-state index is 0.448. The summed E-state index contributed by atoms with van der Waals surface area (Å²) in [6.45, 7) is 4.30. The van der Waals surface area contributed by atoms with Crippen LogP contribution in [0.3, 0.4) is 0 Å². The van der Waals surface area contributed by atoms with Crippen molar-refractivity contribution in [3.63, 3.8) is 0 Å². The van der Waals surface area contributed by atoms with E-state index in [1.54, 1.807) is 11.3 Å². The maximum atomic E-state index is 10.5. The molecule has 0 saturated heterocycles. The third-order valence-electron chi connectivity index (χ3n) is 2.20. The number of aliphatic carboxylic acids is 1. The van der Waals surface area contributed by atoms with Gasteiger partial charge in [-0.3, -0.25) is 4.79 Å². The van der Waals surface area contributed by atoms with Crippen LogP contribution in [0.5, 0.6) is 0 Å². The second-order valence-electron chi connectivity index (χ2n) is 4.31. The van der Waals surface area contributed by atoms with Gasteiger partial charge in [-0.05, 0) is 18.8 Å². The number of rotatable bonds is 6. The lowest BCUT2D eigenvalue weighted by molar-refractivity contribution is -0.138. The molecule has 0 fully saturated rings. The molecule has 16 heavy (non-hydrogen) atoms. The van der Waals surface area contributed by atoms with Crippen LogP contribution in [0.1, 0.15) is 31.0 Å². The molecule has 0 radical (unpaired) electrons. The summed E-state index contributed by atoms with van der Waals surface area (Å²) < 4.78 is 0. The predicted molar refractivity (Wildman–Crippen MR) is 64.6 cm³/mol. The van der Waals surface area contributed by atoms with Crippen molar-refractivity contribution in [3.05, 3.63) is 16.1 Å². The van der Waals surface area contributed by atoms with Crippen molar-refractivity contribution in [3.8, 4) is 0 Å². The van der Waals surface area contributed by atoms with Crippen LogP contribution in [0.25, 0.3) is 0 Å². The van der Waals surface area contributed by atoms with E-state index < -0.39 is 12.0 Å². The Bertz CT molecular complexity index is 350. The Balaban J connectivity index is 2.43. The lowest BCUT2D eigenvalue weighted by Crippen LogP contribution is -2.30. The van der Waals surface area contributed by atoms with E-state index in [0.29, 0.717) is 18.8 Å². The number of hydrogen-bond donors (Lipinski definition) is 2. The summed E-state index contributed by atoms with van der Waals surface area (Å²) >= 11 is 1.59. The molecule has 0 saturated carbocycles. The zero-order valence-corrected chi connectivity index (χ0v) is 10.5. The molecule has 0 amide bonds. The monoisotopic (exact) mass is 242 g/mol. The Labute approximate surface area is 99.5 Å². The first-order valence-corrected chi connectivity index (χ1v) is 6.28. The minimum atomic E-state index is -0.945.